The Balaban J connectivity index is 0.00000225. The van der Waals surface area contributed by atoms with E-state index in [1.165, 1.54) is 11.1 Å². The summed E-state index contributed by atoms with van der Waals surface area (Å²) in [5.74, 6) is 0.722. The topological polar surface area (TPSA) is 67.4 Å². The van der Waals surface area contributed by atoms with E-state index in [0.29, 0.717) is 0 Å². The maximum Gasteiger partial charge on any atom is 0.240 e. The van der Waals surface area contributed by atoms with Gasteiger partial charge in [-0.25, -0.2) is 13.1 Å². The summed E-state index contributed by atoms with van der Waals surface area (Å²) in [4.78, 5) is 0.265. The van der Waals surface area contributed by atoms with Crippen molar-refractivity contribution in [3.05, 3.63) is 58.1 Å². The van der Waals surface area contributed by atoms with Crippen molar-refractivity contribution < 1.29 is 13.2 Å². The van der Waals surface area contributed by atoms with Crippen LogP contribution < -0.4 is 14.8 Å². The second-order valence-electron chi connectivity index (χ2n) is 6.12. The summed E-state index contributed by atoms with van der Waals surface area (Å²) in [6.07, 6.45) is 0. The molecule has 0 saturated heterocycles. The van der Waals surface area contributed by atoms with Crippen LogP contribution in [0.1, 0.15) is 27.8 Å². The number of ether oxygens (including phenoxy) is 1. The Morgan fingerprint density at radius 3 is 2.36 bits per heavy atom. The third-order valence-corrected chi connectivity index (χ3v) is 5.70. The first-order chi connectivity index (χ1) is 11.4. The number of fused-ring (bicyclic) bond motifs is 1. The fraction of sp³-hybridized carbons (Fsp3) is 0.333. The Hall–Kier alpha value is -1.60. The summed E-state index contributed by atoms with van der Waals surface area (Å²) in [6, 6.07) is 9.36. The molecule has 2 aromatic carbocycles. The number of halogens is 1. The average Bonchev–Trinajstić information content (AvgIpc) is 3.00. The maximum absolute atomic E-state index is 12.6. The summed E-state index contributed by atoms with van der Waals surface area (Å²) >= 11 is 0. The minimum absolute atomic E-state index is 0. The number of methoxy groups -OCH3 is 1. The van der Waals surface area contributed by atoms with E-state index in [9.17, 15) is 8.42 Å². The number of nitrogens with one attached hydrogen (secondary N) is 2. The highest BCUT2D eigenvalue weighted by atomic mass is 35.5. The Bertz CT molecular complexity index is 859. The minimum atomic E-state index is -3.56. The van der Waals surface area contributed by atoms with E-state index in [0.717, 1.165) is 35.5 Å². The molecule has 0 atom stereocenters. The molecule has 7 heteroatoms. The molecule has 0 saturated carbocycles. The second-order valence-corrected chi connectivity index (χ2v) is 7.89. The van der Waals surface area contributed by atoms with Crippen LogP contribution in [0.25, 0.3) is 0 Å². The van der Waals surface area contributed by atoms with E-state index in [2.05, 4.69) is 22.2 Å². The molecule has 0 aliphatic carbocycles. The molecule has 0 radical (unpaired) electrons. The molecular formula is C18H23ClN2O3S. The van der Waals surface area contributed by atoms with Crippen LogP contribution in [0.3, 0.4) is 0 Å². The largest absolute Gasteiger partial charge is 0.496 e. The van der Waals surface area contributed by atoms with Crippen LogP contribution in [0.4, 0.5) is 0 Å². The summed E-state index contributed by atoms with van der Waals surface area (Å²) in [5, 5.41) is 3.29. The van der Waals surface area contributed by atoms with Crippen LogP contribution >= 0.6 is 12.4 Å². The highest BCUT2D eigenvalue weighted by Crippen LogP contribution is 2.26. The highest BCUT2D eigenvalue weighted by Gasteiger charge is 2.18. The first-order valence-electron chi connectivity index (χ1n) is 7.87. The van der Waals surface area contributed by atoms with Crippen molar-refractivity contribution in [1.82, 2.24) is 10.0 Å². The van der Waals surface area contributed by atoms with E-state index in [1.807, 2.05) is 19.9 Å². The molecule has 0 bridgehead atoms. The van der Waals surface area contributed by atoms with Crippen molar-refractivity contribution in [3.8, 4) is 5.75 Å². The molecule has 0 unspecified atom stereocenters. The molecule has 5 nitrogen and oxygen atoms in total. The molecule has 0 spiro atoms. The zero-order valence-electron chi connectivity index (χ0n) is 14.5. The van der Waals surface area contributed by atoms with Crippen molar-refractivity contribution in [3.63, 3.8) is 0 Å². The summed E-state index contributed by atoms with van der Waals surface area (Å²) < 4.78 is 33.1. The molecule has 2 N–H and O–H groups in total. The van der Waals surface area contributed by atoms with E-state index in [-0.39, 0.29) is 23.8 Å². The molecule has 25 heavy (non-hydrogen) atoms. The second kappa shape index (κ2) is 7.74. The summed E-state index contributed by atoms with van der Waals surface area (Å²) in [6.45, 7) is 5.69. The van der Waals surface area contributed by atoms with Gasteiger partial charge in [0.1, 0.15) is 5.75 Å². The minimum Gasteiger partial charge on any atom is -0.496 e. The van der Waals surface area contributed by atoms with Gasteiger partial charge in [-0.05, 0) is 53.8 Å². The van der Waals surface area contributed by atoms with Crippen LogP contribution in [0.15, 0.2) is 35.2 Å². The van der Waals surface area contributed by atoms with Crippen molar-refractivity contribution in [2.45, 2.75) is 38.4 Å². The van der Waals surface area contributed by atoms with E-state index in [4.69, 9.17) is 4.74 Å². The zero-order chi connectivity index (χ0) is 17.3. The first-order valence-corrected chi connectivity index (χ1v) is 9.35. The molecule has 0 amide bonds. The molecule has 2 aromatic rings. The Labute approximate surface area is 155 Å². The maximum atomic E-state index is 12.6. The lowest BCUT2D eigenvalue weighted by atomic mass is 10.1. The number of hydrogen-bond donors (Lipinski definition) is 2. The third-order valence-electron chi connectivity index (χ3n) is 4.32. The molecular weight excluding hydrogens is 360 g/mol. The van der Waals surface area contributed by atoms with Gasteiger partial charge in [-0.3, -0.25) is 0 Å². The first kappa shape index (κ1) is 19.7. The van der Waals surface area contributed by atoms with Gasteiger partial charge < -0.3 is 10.1 Å². The Morgan fingerprint density at radius 2 is 1.72 bits per heavy atom. The fourth-order valence-corrected chi connectivity index (χ4v) is 4.29. The lowest BCUT2D eigenvalue weighted by Gasteiger charge is -2.13. The molecule has 0 fully saturated rings. The fourth-order valence-electron chi connectivity index (χ4n) is 3.11. The standard InChI is InChI=1S/C18H22N2O3S.ClH/c1-12-6-17(7-13(2)18(12)23-3)24(21,22)20-9-14-4-5-15-10-19-11-16(15)8-14;/h4-8,19-20H,9-11H2,1-3H3;1H. The average molecular weight is 383 g/mol. The van der Waals surface area contributed by atoms with Crippen LogP contribution in [0.2, 0.25) is 0 Å². The van der Waals surface area contributed by atoms with Gasteiger partial charge in [0.25, 0.3) is 0 Å². The lowest BCUT2D eigenvalue weighted by Crippen LogP contribution is -2.23. The monoisotopic (exact) mass is 382 g/mol. The highest BCUT2D eigenvalue weighted by molar-refractivity contribution is 7.89. The van der Waals surface area contributed by atoms with Gasteiger partial charge in [-0.2, -0.15) is 0 Å². The normalized spacial score (nSPS) is 13.2. The lowest BCUT2D eigenvalue weighted by molar-refractivity contribution is 0.408. The van der Waals surface area contributed by atoms with Crippen LogP contribution in [0.5, 0.6) is 5.75 Å². The molecule has 1 heterocycles. The Morgan fingerprint density at radius 1 is 1.08 bits per heavy atom. The molecule has 1 aliphatic heterocycles. The van der Waals surface area contributed by atoms with Gasteiger partial charge in [0, 0.05) is 19.6 Å². The quantitative estimate of drug-likeness (QED) is 0.834. The van der Waals surface area contributed by atoms with Crippen molar-refractivity contribution >= 4 is 22.4 Å². The van der Waals surface area contributed by atoms with Crippen LogP contribution in [-0.2, 0) is 29.7 Å². The zero-order valence-corrected chi connectivity index (χ0v) is 16.2. The van der Waals surface area contributed by atoms with Gasteiger partial charge in [-0.1, -0.05) is 18.2 Å². The number of aryl methyl sites for hydroxylation is 2. The van der Waals surface area contributed by atoms with Crippen molar-refractivity contribution in [2.24, 2.45) is 0 Å². The predicted octanol–water partition coefficient (Wildman–Crippen LogP) is 2.82. The molecule has 0 aromatic heterocycles. The number of sulfonamides is 1. The predicted molar refractivity (Wildman–Crippen MR) is 101 cm³/mol. The van der Waals surface area contributed by atoms with E-state index < -0.39 is 10.0 Å². The number of hydrogen-bond acceptors (Lipinski definition) is 4. The SMILES string of the molecule is COc1c(C)cc(S(=O)(=O)NCc2ccc3c(c2)CNC3)cc1C.Cl. The van der Waals surface area contributed by atoms with Crippen molar-refractivity contribution in [1.29, 1.82) is 0 Å². The van der Waals surface area contributed by atoms with Gasteiger partial charge in [0.15, 0.2) is 0 Å². The van der Waals surface area contributed by atoms with Gasteiger partial charge in [0.05, 0.1) is 12.0 Å². The molecule has 136 valence electrons. The molecule has 1 aliphatic rings. The van der Waals surface area contributed by atoms with Crippen LogP contribution in [0, 0.1) is 13.8 Å². The summed E-state index contributed by atoms with van der Waals surface area (Å²) in [5.41, 5.74) is 5.09. The van der Waals surface area contributed by atoms with Gasteiger partial charge in [-0.15, -0.1) is 12.4 Å². The van der Waals surface area contributed by atoms with E-state index >= 15 is 0 Å². The van der Waals surface area contributed by atoms with E-state index in [1.54, 1.807) is 19.2 Å². The van der Waals surface area contributed by atoms with Crippen LogP contribution in [-0.4, -0.2) is 15.5 Å². The Kier molecular flexibility index (Phi) is 6.11. The van der Waals surface area contributed by atoms with Gasteiger partial charge >= 0.3 is 0 Å². The smallest absolute Gasteiger partial charge is 0.240 e. The third kappa shape index (κ3) is 4.15. The van der Waals surface area contributed by atoms with Gasteiger partial charge in [0.2, 0.25) is 10.0 Å². The van der Waals surface area contributed by atoms with Crippen molar-refractivity contribution in [2.75, 3.05) is 7.11 Å². The number of rotatable bonds is 5. The molecule has 3 rings (SSSR count). The number of benzene rings is 2. The summed E-state index contributed by atoms with van der Waals surface area (Å²) in [7, 11) is -1.98.